The van der Waals surface area contributed by atoms with E-state index in [0.29, 0.717) is 17.2 Å². The van der Waals surface area contributed by atoms with Crippen LogP contribution < -0.4 is 9.64 Å². The van der Waals surface area contributed by atoms with Crippen LogP contribution in [0.3, 0.4) is 0 Å². The fraction of sp³-hybridized carbons (Fsp3) is 0.231. The van der Waals surface area contributed by atoms with Gasteiger partial charge in [0.25, 0.3) is 0 Å². The Kier molecular flexibility index (Phi) is 7.15. The van der Waals surface area contributed by atoms with E-state index in [2.05, 4.69) is 12.1 Å². The Morgan fingerprint density at radius 1 is 0.812 bits per heavy atom. The predicted octanol–water partition coefficient (Wildman–Crippen LogP) is 5.90. The van der Waals surface area contributed by atoms with E-state index in [0.717, 1.165) is 11.3 Å². The van der Waals surface area contributed by atoms with Crippen molar-refractivity contribution in [2.75, 3.05) is 11.4 Å². The van der Waals surface area contributed by atoms with Gasteiger partial charge in [0.2, 0.25) is 0 Å². The summed E-state index contributed by atoms with van der Waals surface area (Å²) < 4.78 is 11.2. The Hall–Kier alpha value is -3.80. The van der Waals surface area contributed by atoms with Gasteiger partial charge in [0.1, 0.15) is 23.6 Å². The van der Waals surface area contributed by atoms with Gasteiger partial charge >= 0.3 is 12.1 Å². The summed E-state index contributed by atoms with van der Waals surface area (Å²) >= 11 is 0. The second-order valence-corrected chi connectivity index (χ2v) is 8.36. The number of nitrogens with zero attached hydrogens (tertiary/aromatic N) is 1. The lowest BCUT2D eigenvalue weighted by atomic mass is 10.1. The van der Waals surface area contributed by atoms with Crippen LogP contribution in [0.4, 0.5) is 10.5 Å². The first-order chi connectivity index (χ1) is 15.2. The molecule has 1 N–H and O–H groups in total. The number of carbonyl (C=O) groups is 2. The fourth-order valence-electron chi connectivity index (χ4n) is 3.05. The van der Waals surface area contributed by atoms with Gasteiger partial charge in [-0.3, -0.25) is 9.69 Å². The first-order valence-electron chi connectivity index (χ1n) is 10.3. The van der Waals surface area contributed by atoms with Gasteiger partial charge in [0.05, 0.1) is 0 Å². The average Bonchev–Trinajstić information content (AvgIpc) is 2.73. The minimum atomic E-state index is -1.13. The summed E-state index contributed by atoms with van der Waals surface area (Å²) in [7, 11) is 0. The predicted molar refractivity (Wildman–Crippen MR) is 123 cm³/mol. The summed E-state index contributed by atoms with van der Waals surface area (Å²) in [5, 5.41) is 9.18. The zero-order valence-corrected chi connectivity index (χ0v) is 18.4. The van der Waals surface area contributed by atoms with Crippen molar-refractivity contribution in [3.63, 3.8) is 0 Å². The van der Waals surface area contributed by atoms with E-state index in [4.69, 9.17) is 9.47 Å². The zero-order valence-electron chi connectivity index (χ0n) is 18.4. The number of amides is 1. The van der Waals surface area contributed by atoms with Gasteiger partial charge in [0, 0.05) is 5.69 Å². The van der Waals surface area contributed by atoms with Gasteiger partial charge < -0.3 is 14.6 Å². The van der Waals surface area contributed by atoms with Crippen molar-refractivity contribution in [3.8, 4) is 11.5 Å². The van der Waals surface area contributed by atoms with Crippen LogP contribution in [-0.4, -0.2) is 29.3 Å². The zero-order chi connectivity index (χ0) is 23.1. The molecule has 6 heteroatoms. The van der Waals surface area contributed by atoms with E-state index in [1.165, 1.54) is 11.1 Å². The smallest absolute Gasteiger partial charge is 0.415 e. The van der Waals surface area contributed by atoms with Crippen LogP contribution in [0.5, 0.6) is 11.5 Å². The molecule has 32 heavy (non-hydrogen) atoms. The number of carboxylic acids is 1. The van der Waals surface area contributed by atoms with Crippen LogP contribution in [0.25, 0.3) is 0 Å². The Morgan fingerprint density at radius 3 is 1.88 bits per heavy atom. The van der Waals surface area contributed by atoms with Crippen molar-refractivity contribution in [1.29, 1.82) is 0 Å². The molecule has 0 radical (unpaired) electrons. The van der Waals surface area contributed by atoms with Gasteiger partial charge in [-0.15, -0.1) is 0 Å². The quantitative estimate of drug-likeness (QED) is 0.502. The number of hydrogen-bond acceptors (Lipinski definition) is 4. The third-order valence-corrected chi connectivity index (χ3v) is 4.47. The third kappa shape index (κ3) is 6.87. The summed E-state index contributed by atoms with van der Waals surface area (Å²) in [6.45, 7) is 4.68. The van der Waals surface area contributed by atoms with Gasteiger partial charge in [-0.25, -0.2) is 4.79 Å². The molecule has 3 rings (SSSR count). The van der Waals surface area contributed by atoms with E-state index in [1.54, 1.807) is 45.0 Å². The normalized spacial score (nSPS) is 11.0. The van der Waals surface area contributed by atoms with Crippen LogP contribution >= 0.6 is 0 Å². The summed E-state index contributed by atoms with van der Waals surface area (Å²) in [5.74, 6) is 0.125. The topological polar surface area (TPSA) is 76.1 Å². The SMILES string of the molecule is CC(C)(C)OC(=O)N(CC(=O)O)c1ccc(Oc2ccc(Cc3ccccc3)cc2)cc1. The van der Waals surface area contributed by atoms with Crippen molar-refractivity contribution in [2.45, 2.75) is 32.8 Å². The number of ether oxygens (including phenoxy) is 2. The van der Waals surface area contributed by atoms with Crippen molar-refractivity contribution in [2.24, 2.45) is 0 Å². The molecule has 1 amide bonds. The van der Waals surface area contributed by atoms with Crippen molar-refractivity contribution >= 4 is 17.7 Å². The number of anilines is 1. The summed E-state index contributed by atoms with van der Waals surface area (Å²) in [6.07, 6.45) is 0.127. The molecule has 0 aromatic heterocycles. The molecule has 0 aliphatic heterocycles. The first kappa shape index (κ1) is 22.9. The monoisotopic (exact) mass is 433 g/mol. The molecule has 0 saturated heterocycles. The number of rotatable bonds is 7. The highest BCUT2D eigenvalue weighted by Gasteiger charge is 2.25. The molecule has 0 atom stereocenters. The van der Waals surface area contributed by atoms with Gasteiger partial charge in [0.15, 0.2) is 0 Å². The summed E-state index contributed by atoms with van der Waals surface area (Å²) in [5.41, 5.74) is 2.10. The highest BCUT2D eigenvalue weighted by atomic mass is 16.6. The molecule has 0 aliphatic rings. The summed E-state index contributed by atoms with van der Waals surface area (Å²) in [4.78, 5) is 24.8. The second kappa shape index (κ2) is 10.0. The minimum Gasteiger partial charge on any atom is -0.480 e. The maximum absolute atomic E-state index is 12.4. The molecule has 0 heterocycles. The largest absolute Gasteiger partial charge is 0.480 e. The number of carbonyl (C=O) groups excluding carboxylic acids is 1. The molecule has 0 saturated carbocycles. The van der Waals surface area contributed by atoms with Gasteiger partial charge in [-0.05, 0) is 74.7 Å². The van der Waals surface area contributed by atoms with E-state index in [1.807, 2.05) is 42.5 Å². The fourth-order valence-corrected chi connectivity index (χ4v) is 3.05. The number of hydrogen-bond donors (Lipinski definition) is 1. The Balaban J connectivity index is 1.67. The Morgan fingerprint density at radius 2 is 1.34 bits per heavy atom. The van der Waals surface area contributed by atoms with Crippen LogP contribution in [0, 0.1) is 0 Å². The van der Waals surface area contributed by atoms with E-state index in [9.17, 15) is 14.7 Å². The number of aliphatic carboxylic acids is 1. The number of benzene rings is 3. The first-order valence-corrected chi connectivity index (χ1v) is 10.3. The lowest BCUT2D eigenvalue weighted by molar-refractivity contribution is -0.135. The minimum absolute atomic E-state index is 0.409. The van der Waals surface area contributed by atoms with Crippen molar-refractivity contribution < 1.29 is 24.2 Å². The summed E-state index contributed by atoms with van der Waals surface area (Å²) in [6, 6.07) is 24.7. The lowest BCUT2D eigenvalue weighted by Crippen LogP contribution is -2.39. The molecular formula is C26H27NO5. The molecule has 6 nitrogen and oxygen atoms in total. The van der Waals surface area contributed by atoms with Gasteiger partial charge in [-0.1, -0.05) is 42.5 Å². The third-order valence-electron chi connectivity index (χ3n) is 4.47. The molecule has 0 spiro atoms. The molecular weight excluding hydrogens is 406 g/mol. The lowest BCUT2D eigenvalue weighted by Gasteiger charge is -2.26. The van der Waals surface area contributed by atoms with E-state index >= 15 is 0 Å². The van der Waals surface area contributed by atoms with Crippen LogP contribution in [0.15, 0.2) is 78.9 Å². The second-order valence-electron chi connectivity index (χ2n) is 8.36. The van der Waals surface area contributed by atoms with E-state index < -0.39 is 24.2 Å². The highest BCUT2D eigenvalue weighted by Crippen LogP contribution is 2.26. The van der Waals surface area contributed by atoms with Crippen LogP contribution in [0.2, 0.25) is 0 Å². The van der Waals surface area contributed by atoms with Crippen LogP contribution in [-0.2, 0) is 16.0 Å². The molecule has 166 valence electrons. The highest BCUT2D eigenvalue weighted by molar-refractivity contribution is 5.93. The van der Waals surface area contributed by atoms with Crippen molar-refractivity contribution in [3.05, 3.63) is 90.0 Å². The van der Waals surface area contributed by atoms with Crippen LogP contribution in [0.1, 0.15) is 31.9 Å². The maximum atomic E-state index is 12.4. The molecule has 3 aromatic rings. The molecule has 0 fully saturated rings. The average molecular weight is 434 g/mol. The Bertz CT molecular complexity index is 1040. The van der Waals surface area contributed by atoms with E-state index in [-0.39, 0.29) is 0 Å². The molecule has 3 aromatic carbocycles. The molecule has 0 unspecified atom stereocenters. The number of carboxylic acid groups (broad SMARTS) is 1. The Labute approximate surface area is 188 Å². The molecule has 0 aliphatic carbocycles. The standard InChI is InChI=1S/C26H27NO5/c1-26(2,3)32-25(30)27(18-24(28)29)21-11-15-23(16-12-21)31-22-13-9-20(10-14-22)17-19-7-5-4-6-8-19/h4-16H,17-18H2,1-3H3,(H,28,29). The maximum Gasteiger partial charge on any atom is 0.415 e. The molecule has 0 bridgehead atoms. The van der Waals surface area contributed by atoms with Gasteiger partial charge in [-0.2, -0.15) is 0 Å². The van der Waals surface area contributed by atoms with Crippen molar-refractivity contribution in [1.82, 2.24) is 0 Å².